The third-order valence-electron chi connectivity index (χ3n) is 11.3. The zero-order valence-corrected chi connectivity index (χ0v) is 35.4. The lowest BCUT2D eigenvalue weighted by Crippen LogP contribution is -2.26. The maximum Gasteiger partial charge on any atom is 0.203 e. The maximum absolute atomic E-state index is 13.2. The summed E-state index contributed by atoms with van der Waals surface area (Å²) >= 11 is 0. The van der Waals surface area contributed by atoms with E-state index in [9.17, 15) is 9.59 Å². The van der Waals surface area contributed by atoms with Crippen LogP contribution in [0.4, 0.5) is 0 Å². The second-order valence-corrected chi connectivity index (χ2v) is 15.6. The molecular formula is C49H59NO8. The first kappa shape index (κ1) is 43.7. The van der Waals surface area contributed by atoms with Crippen molar-refractivity contribution < 1.29 is 38.0 Å². The SMILES string of the molecule is COC1=CC(C#C/C=C/C(=O)CC2=CC=CC(CC(CC3CCC4=C(C(=O)/C=C/C#Cc5cc(OC)c(OC)c(OC)c5)C4C3)CN(C)C)CC2)CC(OC)=C1OC. The molecule has 1 aromatic rings. The number of allylic oxidation sites excluding steroid dienone is 12. The van der Waals surface area contributed by atoms with Gasteiger partial charge in [0.25, 0.3) is 0 Å². The summed E-state index contributed by atoms with van der Waals surface area (Å²) in [6, 6.07) is 3.58. The Kier molecular flexibility index (Phi) is 16.1. The third kappa shape index (κ3) is 11.8. The summed E-state index contributed by atoms with van der Waals surface area (Å²) in [7, 11) is 13.8. The molecule has 0 bridgehead atoms. The van der Waals surface area contributed by atoms with Crippen LogP contribution in [-0.4, -0.2) is 79.8 Å². The normalized spacial score (nSPS) is 21.8. The molecule has 0 aliphatic heterocycles. The van der Waals surface area contributed by atoms with Crippen LogP contribution in [0.2, 0.25) is 0 Å². The molecule has 1 aromatic carbocycles. The van der Waals surface area contributed by atoms with Crippen molar-refractivity contribution in [2.24, 2.45) is 29.6 Å². The fraction of sp³-hybridized carbons (Fsp3) is 0.469. The van der Waals surface area contributed by atoms with Gasteiger partial charge in [-0.1, -0.05) is 53.1 Å². The van der Waals surface area contributed by atoms with Crippen LogP contribution in [0.15, 0.2) is 94.7 Å². The predicted octanol–water partition coefficient (Wildman–Crippen LogP) is 8.34. The molecule has 1 fully saturated rings. The van der Waals surface area contributed by atoms with Crippen molar-refractivity contribution in [2.75, 3.05) is 63.3 Å². The van der Waals surface area contributed by atoms with Crippen molar-refractivity contribution in [3.63, 3.8) is 0 Å². The zero-order valence-electron chi connectivity index (χ0n) is 35.4. The van der Waals surface area contributed by atoms with Gasteiger partial charge in [0.2, 0.25) is 5.75 Å². The Bertz CT molecular complexity index is 2000. The first-order valence-electron chi connectivity index (χ1n) is 20.1. The van der Waals surface area contributed by atoms with Crippen LogP contribution < -0.4 is 14.2 Å². The summed E-state index contributed by atoms with van der Waals surface area (Å²) in [4.78, 5) is 28.4. The molecule has 0 amide bonds. The van der Waals surface area contributed by atoms with Crippen LogP contribution in [0.5, 0.6) is 17.2 Å². The van der Waals surface area contributed by atoms with Gasteiger partial charge in [0.15, 0.2) is 34.6 Å². The maximum atomic E-state index is 13.2. The molecule has 5 unspecified atom stereocenters. The minimum Gasteiger partial charge on any atom is -0.497 e. The van der Waals surface area contributed by atoms with E-state index in [4.69, 9.17) is 28.4 Å². The van der Waals surface area contributed by atoms with Crippen LogP contribution in [0.3, 0.4) is 0 Å². The number of rotatable bonds is 17. The number of hydrogen-bond donors (Lipinski definition) is 0. The second kappa shape index (κ2) is 21.4. The Balaban J connectivity index is 1.07. The van der Waals surface area contributed by atoms with E-state index in [1.807, 2.05) is 6.08 Å². The van der Waals surface area contributed by atoms with Gasteiger partial charge in [0.05, 0.1) is 42.7 Å². The number of carbonyl (C=O) groups is 2. The van der Waals surface area contributed by atoms with E-state index in [2.05, 4.69) is 60.9 Å². The van der Waals surface area contributed by atoms with E-state index in [0.29, 0.717) is 76.6 Å². The Morgan fingerprint density at radius 1 is 0.879 bits per heavy atom. The summed E-state index contributed by atoms with van der Waals surface area (Å²) in [6.07, 6.45) is 23.4. The van der Waals surface area contributed by atoms with E-state index in [0.717, 1.165) is 62.6 Å². The molecule has 0 aromatic heterocycles. The van der Waals surface area contributed by atoms with Crippen LogP contribution in [-0.2, 0) is 23.8 Å². The largest absolute Gasteiger partial charge is 0.497 e. The van der Waals surface area contributed by atoms with E-state index in [-0.39, 0.29) is 17.5 Å². The lowest BCUT2D eigenvalue weighted by atomic mass is 9.78. The average Bonchev–Trinajstić information content (AvgIpc) is 3.99. The third-order valence-corrected chi connectivity index (χ3v) is 11.3. The van der Waals surface area contributed by atoms with Gasteiger partial charge in [0, 0.05) is 42.4 Å². The van der Waals surface area contributed by atoms with E-state index in [1.165, 1.54) is 5.57 Å². The number of benzene rings is 1. The highest BCUT2D eigenvalue weighted by Gasteiger charge is 2.44. The van der Waals surface area contributed by atoms with Crippen molar-refractivity contribution in [1.82, 2.24) is 4.90 Å². The molecule has 58 heavy (non-hydrogen) atoms. The summed E-state index contributed by atoms with van der Waals surface area (Å²) < 4.78 is 32.6. The Hall–Kier alpha value is -5.38. The fourth-order valence-corrected chi connectivity index (χ4v) is 8.60. The highest BCUT2D eigenvalue weighted by atomic mass is 16.5. The van der Waals surface area contributed by atoms with Crippen molar-refractivity contribution >= 4 is 11.6 Å². The quantitative estimate of drug-likeness (QED) is 0.114. The summed E-state index contributed by atoms with van der Waals surface area (Å²) in [6.45, 7) is 1.04. The van der Waals surface area contributed by atoms with E-state index < -0.39 is 0 Å². The van der Waals surface area contributed by atoms with Gasteiger partial charge < -0.3 is 33.3 Å². The molecule has 4 aliphatic carbocycles. The molecule has 9 heteroatoms. The highest BCUT2D eigenvalue weighted by molar-refractivity contribution is 6.09. The second-order valence-electron chi connectivity index (χ2n) is 15.6. The van der Waals surface area contributed by atoms with Gasteiger partial charge in [-0.3, -0.25) is 9.59 Å². The number of ketones is 2. The summed E-state index contributed by atoms with van der Waals surface area (Å²) in [5.41, 5.74) is 4.21. The van der Waals surface area contributed by atoms with Crippen LogP contribution in [0.1, 0.15) is 63.4 Å². The summed E-state index contributed by atoms with van der Waals surface area (Å²) in [5, 5.41) is 0. The lowest BCUT2D eigenvalue weighted by Gasteiger charge is -2.30. The number of fused-ring (bicyclic) bond motifs is 1. The van der Waals surface area contributed by atoms with Crippen LogP contribution in [0, 0.1) is 53.3 Å². The van der Waals surface area contributed by atoms with Crippen LogP contribution >= 0.6 is 0 Å². The standard InChI is InChI=1S/C49H59NO8/c1-50(2)32-38(24-33-16-13-17-34(21-20-33)26-39(51)18-11-9-14-35-28-43(53-3)48(57-7)44(29-35)54-4)25-37-22-23-40-41(27-37)47(40)42(52)19-12-10-15-36-30-45(55-5)49(58-8)46(31-36)56-6/h11-13,16-19,28,30-31,33,35,37-38,41H,20-27,29,32H2,1-8H3/b18-11+,19-12+. The van der Waals surface area contributed by atoms with Gasteiger partial charge in [-0.15, -0.1) is 0 Å². The van der Waals surface area contributed by atoms with Crippen LogP contribution in [0.25, 0.3) is 0 Å². The van der Waals surface area contributed by atoms with Crippen molar-refractivity contribution in [1.29, 1.82) is 0 Å². The number of ether oxygens (including phenoxy) is 6. The molecule has 0 heterocycles. The number of methoxy groups -OCH3 is 6. The minimum absolute atomic E-state index is 0.0519. The molecule has 5 atom stereocenters. The predicted molar refractivity (Wildman–Crippen MR) is 227 cm³/mol. The van der Waals surface area contributed by atoms with Gasteiger partial charge in [0.1, 0.15) is 5.76 Å². The summed E-state index contributed by atoms with van der Waals surface area (Å²) in [5.74, 6) is 17.7. The molecule has 1 saturated carbocycles. The zero-order chi connectivity index (χ0) is 41.6. The molecule has 308 valence electrons. The number of nitrogens with zero attached hydrogens (tertiary/aromatic N) is 1. The molecule has 0 spiro atoms. The molecule has 0 saturated heterocycles. The average molecular weight is 790 g/mol. The highest BCUT2D eigenvalue weighted by Crippen LogP contribution is 2.53. The molecule has 5 rings (SSSR count). The topological polar surface area (TPSA) is 92.8 Å². The molecular weight excluding hydrogens is 731 g/mol. The molecule has 0 radical (unpaired) electrons. The number of hydrogen-bond acceptors (Lipinski definition) is 9. The Morgan fingerprint density at radius 2 is 1.64 bits per heavy atom. The van der Waals surface area contributed by atoms with Crippen molar-refractivity contribution in [3.05, 3.63) is 100 Å². The monoisotopic (exact) mass is 789 g/mol. The van der Waals surface area contributed by atoms with Gasteiger partial charge in [-0.25, -0.2) is 0 Å². The first-order chi connectivity index (χ1) is 28.1. The molecule has 9 nitrogen and oxygen atoms in total. The van der Waals surface area contributed by atoms with Gasteiger partial charge in [-0.2, -0.15) is 0 Å². The minimum atomic E-state index is -0.0997. The number of carbonyl (C=O) groups excluding carboxylic acids is 2. The Morgan fingerprint density at radius 3 is 2.31 bits per heavy atom. The fourth-order valence-electron chi connectivity index (χ4n) is 8.60. The lowest BCUT2D eigenvalue weighted by molar-refractivity contribution is -0.114. The smallest absolute Gasteiger partial charge is 0.203 e. The molecule has 4 aliphatic rings. The van der Waals surface area contributed by atoms with Gasteiger partial charge >= 0.3 is 0 Å². The Labute approximate surface area is 345 Å². The first-order valence-corrected chi connectivity index (χ1v) is 20.1. The van der Waals surface area contributed by atoms with Crippen molar-refractivity contribution in [3.8, 4) is 40.9 Å². The van der Waals surface area contributed by atoms with E-state index >= 15 is 0 Å². The van der Waals surface area contributed by atoms with Crippen molar-refractivity contribution in [2.45, 2.75) is 57.8 Å². The van der Waals surface area contributed by atoms with E-state index in [1.54, 1.807) is 79.1 Å². The van der Waals surface area contributed by atoms with Gasteiger partial charge in [-0.05, 0) is 119 Å². The molecule has 0 N–H and O–H groups in total.